The molecule has 1 N–H and O–H groups in total. The molecule has 2 heteroatoms. The SMILES string of the molecule is CC(C)CC(C)N(C)CC1CCNC1C. The van der Waals surface area contributed by atoms with Crippen LogP contribution in [0, 0.1) is 11.8 Å². The third-order valence-corrected chi connectivity index (χ3v) is 3.78. The van der Waals surface area contributed by atoms with Gasteiger partial charge >= 0.3 is 0 Å². The van der Waals surface area contributed by atoms with Crippen LogP contribution >= 0.6 is 0 Å². The highest BCUT2D eigenvalue weighted by Gasteiger charge is 2.25. The lowest BCUT2D eigenvalue weighted by Gasteiger charge is -2.29. The zero-order valence-corrected chi connectivity index (χ0v) is 11.1. The Morgan fingerprint density at radius 2 is 2.00 bits per heavy atom. The molecular weight excluding hydrogens is 184 g/mol. The highest BCUT2D eigenvalue weighted by molar-refractivity contribution is 4.83. The molecule has 0 aliphatic carbocycles. The zero-order valence-electron chi connectivity index (χ0n) is 11.1. The fourth-order valence-corrected chi connectivity index (χ4v) is 2.57. The van der Waals surface area contributed by atoms with Crippen molar-refractivity contribution in [3.8, 4) is 0 Å². The van der Waals surface area contributed by atoms with Crippen LogP contribution < -0.4 is 5.32 Å². The largest absolute Gasteiger partial charge is 0.314 e. The van der Waals surface area contributed by atoms with Crippen LogP contribution in [-0.4, -0.2) is 37.1 Å². The second kappa shape index (κ2) is 5.86. The van der Waals surface area contributed by atoms with Crippen molar-refractivity contribution in [1.29, 1.82) is 0 Å². The van der Waals surface area contributed by atoms with Gasteiger partial charge in [0, 0.05) is 18.6 Å². The first-order valence-electron chi connectivity index (χ1n) is 6.44. The van der Waals surface area contributed by atoms with Crippen LogP contribution in [0.3, 0.4) is 0 Å². The van der Waals surface area contributed by atoms with Crippen molar-refractivity contribution in [3.63, 3.8) is 0 Å². The van der Waals surface area contributed by atoms with Crippen LogP contribution in [0.2, 0.25) is 0 Å². The lowest BCUT2D eigenvalue weighted by atomic mass is 9.99. The maximum Gasteiger partial charge on any atom is 0.00796 e. The molecule has 1 aliphatic heterocycles. The van der Waals surface area contributed by atoms with Crippen LogP contribution in [0.5, 0.6) is 0 Å². The highest BCUT2D eigenvalue weighted by Crippen LogP contribution is 2.18. The molecule has 1 fully saturated rings. The zero-order chi connectivity index (χ0) is 11.4. The van der Waals surface area contributed by atoms with Gasteiger partial charge in [-0.05, 0) is 52.1 Å². The molecule has 0 radical (unpaired) electrons. The molecule has 0 aromatic heterocycles. The molecular formula is C13H28N2. The molecule has 0 spiro atoms. The maximum atomic E-state index is 3.53. The van der Waals surface area contributed by atoms with Gasteiger partial charge < -0.3 is 10.2 Å². The number of rotatable bonds is 5. The summed E-state index contributed by atoms with van der Waals surface area (Å²) in [7, 11) is 2.28. The third kappa shape index (κ3) is 4.12. The van der Waals surface area contributed by atoms with Crippen molar-refractivity contribution in [2.24, 2.45) is 11.8 Å². The Morgan fingerprint density at radius 1 is 1.33 bits per heavy atom. The monoisotopic (exact) mass is 212 g/mol. The number of nitrogens with zero attached hydrogens (tertiary/aromatic N) is 1. The Labute approximate surface area is 95.4 Å². The minimum Gasteiger partial charge on any atom is -0.314 e. The molecule has 3 atom stereocenters. The number of nitrogens with one attached hydrogen (secondary N) is 1. The molecule has 0 bridgehead atoms. The van der Waals surface area contributed by atoms with Gasteiger partial charge in [0.1, 0.15) is 0 Å². The maximum absolute atomic E-state index is 3.53. The van der Waals surface area contributed by atoms with E-state index in [1.165, 1.54) is 25.9 Å². The van der Waals surface area contributed by atoms with Crippen molar-refractivity contribution in [1.82, 2.24) is 10.2 Å². The normalized spacial score (nSPS) is 29.0. The number of hydrogen-bond donors (Lipinski definition) is 1. The van der Waals surface area contributed by atoms with Crippen molar-refractivity contribution in [2.75, 3.05) is 20.1 Å². The van der Waals surface area contributed by atoms with Gasteiger partial charge in [0.2, 0.25) is 0 Å². The van der Waals surface area contributed by atoms with Gasteiger partial charge in [0.15, 0.2) is 0 Å². The molecule has 0 saturated carbocycles. The quantitative estimate of drug-likeness (QED) is 0.752. The van der Waals surface area contributed by atoms with Crippen LogP contribution in [-0.2, 0) is 0 Å². The van der Waals surface area contributed by atoms with Crippen molar-refractivity contribution in [3.05, 3.63) is 0 Å². The summed E-state index contributed by atoms with van der Waals surface area (Å²) < 4.78 is 0. The van der Waals surface area contributed by atoms with Gasteiger partial charge in [-0.3, -0.25) is 0 Å². The van der Waals surface area contributed by atoms with E-state index < -0.39 is 0 Å². The lowest BCUT2D eigenvalue weighted by Crippen LogP contribution is -2.37. The Morgan fingerprint density at radius 3 is 2.47 bits per heavy atom. The molecule has 1 saturated heterocycles. The summed E-state index contributed by atoms with van der Waals surface area (Å²) in [4.78, 5) is 2.54. The summed E-state index contributed by atoms with van der Waals surface area (Å²) >= 11 is 0. The van der Waals surface area contributed by atoms with E-state index in [1.807, 2.05) is 0 Å². The predicted molar refractivity (Wildman–Crippen MR) is 67.1 cm³/mol. The molecule has 15 heavy (non-hydrogen) atoms. The Bertz CT molecular complexity index is 179. The molecule has 1 heterocycles. The second-order valence-corrected chi connectivity index (χ2v) is 5.71. The Hall–Kier alpha value is -0.0800. The Kier molecular flexibility index (Phi) is 5.07. The van der Waals surface area contributed by atoms with Gasteiger partial charge in [0.05, 0.1) is 0 Å². The summed E-state index contributed by atoms with van der Waals surface area (Å²) in [6.07, 6.45) is 2.66. The Balaban J connectivity index is 2.30. The average molecular weight is 212 g/mol. The van der Waals surface area contributed by atoms with E-state index in [9.17, 15) is 0 Å². The van der Waals surface area contributed by atoms with Gasteiger partial charge in [-0.1, -0.05) is 13.8 Å². The predicted octanol–water partition coefficient (Wildman–Crippen LogP) is 2.35. The van der Waals surface area contributed by atoms with E-state index in [-0.39, 0.29) is 0 Å². The van der Waals surface area contributed by atoms with E-state index in [0.717, 1.165) is 17.9 Å². The van der Waals surface area contributed by atoms with E-state index in [1.54, 1.807) is 0 Å². The van der Waals surface area contributed by atoms with Crippen molar-refractivity contribution < 1.29 is 0 Å². The highest BCUT2D eigenvalue weighted by atomic mass is 15.1. The van der Waals surface area contributed by atoms with E-state index in [4.69, 9.17) is 0 Å². The number of hydrogen-bond acceptors (Lipinski definition) is 2. The van der Waals surface area contributed by atoms with Crippen LogP contribution in [0.4, 0.5) is 0 Å². The summed E-state index contributed by atoms with van der Waals surface area (Å²) in [6, 6.07) is 1.43. The first-order valence-corrected chi connectivity index (χ1v) is 6.44. The van der Waals surface area contributed by atoms with Gasteiger partial charge in [-0.25, -0.2) is 0 Å². The van der Waals surface area contributed by atoms with Crippen LogP contribution in [0.1, 0.15) is 40.5 Å². The molecule has 2 nitrogen and oxygen atoms in total. The molecule has 90 valence electrons. The molecule has 1 aliphatic rings. The molecule has 3 unspecified atom stereocenters. The van der Waals surface area contributed by atoms with Gasteiger partial charge in [-0.15, -0.1) is 0 Å². The van der Waals surface area contributed by atoms with Crippen LogP contribution in [0.25, 0.3) is 0 Å². The first kappa shape index (κ1) is 13.0. The lowest BCUT2D eigenvalue weighted by molar-refractivity contribution is 0.191. The second-order valence-electron chi connectivity index (χ2n) is 5.71. The van der Waals surface area contributed by atoms with Crippen molar-refractivity contribution in [2.45, 2.75) is 52.6 Å². The molecule has 0 amide bonds. The summed E-state index contributed by atoms with van der Waals surface area (Å²) in [5.74, 6) is 1.66. The third-order valence-electron chi connectivity index (χ3n) is 3.78. The topological polar surface area (TPSA) is 15.3 Å². The van der Waals surface area contributed by atoms with Crippen molar-refractivity contribution >= 4 is 0 Å². The minimum atomic E-state index is 0.707. The summed E-state index contributed by atoms with van der Waals surface area (Å²) in [5, 5.41) is 3.53. The standard InChI is InChI=1S/C13H28N2/c1-10(2)8-11(3)15(5)9-13-6-7-14-12(13)4/h10-14H,6-9H2,1-5H3. The van der Waals surface area contributed by atoms with E-state index in [0.29, 0.717) is 6.04 Å². The minimum absolute atomic E-state index is 0.707. The van der Waals surface area contributed by atoms with E-state index >= 15 is 0 Å². The fourth-order valence-electron chi connectivity index (χ4n) is 2.57. The molecule has 1 rings (SSSR count). The molecule has 0 aromatic rings. The summed E-state index contributed by atoms with van der Waals surface area (Å²) in [6.45, 7) is 11.8. The first-order chi connectivity index (χ1) is 7.00. The smallest absolute Gasteiger partial charge is 0.00796 e. The van der Waals surface area contributed by atoms with Gasteiger partial charge in [0.25, 0.3) is 0 Å². The fraction of sp³-hybridized carbons (Fsp3) is 1.00. The average Bonchev–Trinajstić information content (AvgIpc) is 2.50. The summed E-state index contributed by atoms with van der Waals surface area (Å²) in [5.41, 5.74) is 0. The van der Waals surface area contributed by atoms with E-state index in [2.05, 4.69) is 45.0 Å². The molecule has 0 aromatic carbocycles. The van der Waals surface area contributed by atoms with Crippen LogP contribution in [0.15, 0.2) is 0 Å². The van der Waals surface area contributed by atoms with Gasteiger partial charge in [-0.2, -0.15) is 0 Å².